The average molecular weight is 585 g/mol. The Kier molecular flexibility index (Phi) is 7.97. The molecule has 4 heterocycles. The maximum absolute atomic E-state index is 14.1. The molecule has 1 fully saturated rings. The normalized spacial score (nSPS) is 17.1. The molecular weight excluding hydrogens is 552 g/mol. The van der Waals surface area contributed by atoms with Crippen molar-refractivity contribution >= 4 is 40.6 Å². The van der Waals surface area contributed by atoms with E-state index in [2.05, 4.69) is 21.4 Å². The van der Waals surface area contributed by atoms with Gasteiger partial charge in [-0.15, -0.1) is 0 Å². The van der Waals surface area contributed by atoms with Crippen molar-refractivity contribution in [2.45, 2.75) is 52.6 Å². The van der Waals surface area contributed by atoms with Gasteiger partial charge in [-0.3, -0.25) is 14.6 Å². The van der Waals surface area contributed by atoms with E-state index in [4.69, 9.17) is 16.6 Å². The van der Waals surface area contributed by atoms with Crippen LogP contribution in [0.15, 0.2) is 60.0 Å². The summed E-state index contributed by atoms with van der Waals surface area (Å²) >= 11 is 6.90. The third-order valence-electron chi connectivity index (χ3n) is 7.72. The van der Waals surface area contributed by atoms with E-state index in [1.807, 2.05) is 46.8 Å². The number of amides is 1. The van der Waals surface area contributed by atoms with Crippen molar-refractivity contribution in [1.82, 2.24) is 24.4 Å². The summed E-state index contributed by atoms with van der Waals surface area (Å²) in [6.07, 6.45) is 3.81. The fraction of sp³-hybridized carbons (Fsp3) is 0.312. The molecule has 0 N–H and O–H groups in total. The van der Waals surface area contributed by atoms with Crippen LogP contribution in [0.1, 0.15) is 55.2 Å². The molecule has 5 rings (SSSR count). The Labute approximate surface area is 249 Å². The van der Waals surface area contributed by atoms with Crippen LogP contribution in [0.4, 0.5) is 5.82 Å². The van der Waals surface area contributed by atoms with Gasteiger partial charge in [0.2, 0.25) is 5.91 Å². The predicted molar refractivity (Wildman–Crippen MR) is 166 cm³/mol. The molecule has 0 unspecified atom stereocenters. The summed E-state index contributed by atoms with van der Waals surface area (Å²) in [5, 5.41) is 0.893. The fourth-order valence-electron chi connectivity index (χ4n) is 5.84. The number of fused-ring (bicyclic) bond motifs is 1. The van der Waals surface area contributed by atoms with E-state index in [0.717, 1.165) is 17.5 Å². The van der Waals surface area contributed by atoms with E-state index in [1.54, 1.807) is 35.4 Å². The summed E-state index contributed by atoms with van der Waals surface area (Å²) in [6, 6.07) is 10.4. The zero-order valence-electron chi connectivity index (χ0n) is 24.3. The van der Waals surface area contributed by atoms with Crippen molar-refractivity contribution in [2.24, 2.45) is 0 Å². The van der Waals surface area contributed by atoms with E-state index < -0.39 is 5.69 Å². The van der Waals surface area contributed by atoms with Crippen LogP contribution in [-0.4, -0.2) is 61.8 Å². The highest BCUT2D eigenvalue weighted by Gasteiger charge is 2.34. The highest BCUT2D eigenvalue weighted by molar-refractivity contribution is 6.34. The highest BCUT2D eigenvalue weighted by Crippen LogP contribution is 2.37. The fourth-order valence-corrected chi connectivity index (χ4v) is 6.10. The van der Waals surface area contributed by atoms with Crippen molar-refractivity contribution in [1.29, 1.82) is 0 Å². The van der Waals surface area contributed by atoms with Gasteiger partial charge >= 0.3 is 5.69 Å². The number of hydrogen-bond acceptors (Lipinski definition) is 7. The second-order valence-electron chi connectivity index (χ2n) is 11.0. The molecule has 10 heteroatoms. The van der Waals surface area contributed by atoms with E-state index in [0.29, 0.717) is 57.5 Å². The smallest absolute Gasteiger partial charge is 0.347 e. The van der Waals surface area contributed by atoms with Crippen LogP contribution >= 0.6 is 11.6 Å². The quantitative estimate of drug-likeness (QED) is 0.222. The molecule has 216 valence electrons. The monoisotopic (exact) mass is 584 g/mol. The third-order valence-corrected chi connectivity index (χ3v) is 8.01. The number of pyridine rings is 2. The second-order valence-corrected chi connectivity index (χ2v) is 11.4. The molecule has 9 nitrogen and oxygen atoms in total. The summed E-state index contributed by atoms with van der Waals surface area (Å²) in [6.45, 7) is 14.4. The Hall–Kier alpha value is -4.37. The topological polar surface area (TPSA) is 101 Å². The first-order valence-corrected chi connectivity index (χ1v) is 14.3. The molecule has 1 aromatic carbocycles. The number of carbonyl (C=O) groups is 2. The van der Waals surface area contributed by atoms with E-state index in [-0.39, 0.29) is 23.9 Å². The Morgan fingerprint density at radius 2 is 1.81 bits per heavy atom. The van der Waals surface area contributed by atoms with Gasteiger partial charge in [-0.2, -0.15) is 4.98 Å². The first-order valence-electron chi connectivity index (χ1n) is 13.9. The van der Waals surface area contributed by atoms with Crippen molar-refractivity contribution in [3.05, 3.63) is 87.6 Å². The molecule has 1 saturated heterocycles. The minimum atomic E-state index is -0.510. The van der Waals surface area contributed by atoms with Crippen LogP contribution in [0.25, 0.3) is 28.0 Å². The predicted octanol–water partition coefficient (Wildman–Crippen LogP) is 5.35. The number of aromatic nitrogens is 4. The number of halogens is 1. The molecular formula is C32H33ClN6O3. The van der Waals surface area contributed by atoms with Crippen LogP contribution in [0, 0.1) is 6.92 Å². The largest absolute Gasteiger partial charge is 0.355 e. The number of benzene rings is 1. The number of carbonyl (C=O) groups excluding carboxylic acids is 2. The van der Waals surface area contributed by atoms with E-state index >= 15 is 0 Å². The molecule has 42 heavy (non-hydrogen) atoms. The molecule has 1 aliphatic heterocycles. The zero-order valence-corrected chi connectivity index (χ0v) is 25.1. The van der Waals surface area contributed by atoms with Gasteiger partial charge in [-0.05, 0) is 50.5 Å². The minimum absolute atomic E-state index is 0.0135. The SMILES string of the molecule is C=CC(=O)N1C[C@H](C)N(c2nc(=O)n(-c3c(C)ccnc3C(C)C)c3nc(-c4ccccc4C=O)c(Cl)cc23)[C@@H](C)C1. The number of aryl methyl sites for hydroxylation is 1. The molecule has 0 aliphatic carbocycles. The summed E-state index contributed by atoms with van der Waals surface area (Å²) < 4.78 is 1.51. The number of rotatable bonds is 6. The maximum Gasteiger partial charge on any atom is 0.355 e. The molecule has 0 radical (unpaired) electrons. The number of nitrogens with zero attached hydrogens (tertiary/aromatic N) is 6. The Balaban J connectivity index is 1.85. The van der Waals surface area contributed by atoms with Crippen molar-refractivity contribution in [3.63, 3.8) is 0 Å². The highest BCUT2D eigenvalue weighted by atomic mass is 35.5. The Bertz CT molecular complexity index is 1770. The number of anilines is 1. The summed E-state index contributed by atoms with van der Waals surface area (Å²) in [5.74, 6) is 0.312. The van der Waals surface area contributed by atoms with Gasteiger partial charge in [0.05, 0.1) is 27.5 Å². The third kappa shape index (κ3) is 4.98. The molecule has 4 aromatic rings. The molecule has 1 aliphatic rings. The van der Waals surface area contributed by atoms with E-state index in [9.17, 15) is 14.4 Å². The van der Waals surface area contributed by atoms with Gasteiger partial charge in [0.25, 0.3) is 0 Å². The van der Waals surface area contributed by atoms with Gasteiger partial charge in [0, 0.05) is 42.5 Å². The molecule has 0 saturated carbocycles. The van der Waals surface area contributed by atoms with Gasteiger partial charge < -0.3 is 9.80 Å². The number of hydrogen-bond donors (Lipinski definition) is 0. The lowest BCUT2D eigenvalue weighted by Gasteiger charge is -2.45. The van der Waals surface area contributed by atoms with Crippen molar-refractivity contribution in [2.75, 3.05) is 18.0 Å². The van der Waals surface area contributed by atoms with Crippen molar-refractivity contribution in [3.8, 4) is 16.9 Å². The lowest BCUT2D eigenvalue weighted by atomic mass is 10.0. The zero-order chi connectivity index (χ0) is 30.3. The number of aldehydes is 1. The molecule has 2 atom stereocenters. The van der Waals surface area contributed by atoms with Crippen LogP contribution in [-0.2, 0) is 4.79 Å². The van der Waals surface area contributed by atoms with Crippen molar-refractivity contribution < 1.29 is 9.59 Å². The van der Waals surface area contributed by atoms with Gasteiger partial charge in [0.15, 0.2) is 11.9 Å². The van der Waals surface area contributed by atoms with Crippen LogP contribution in [0.5, 0.6) is 0 Å². The summed E-state index contributed by atoms with van der Waals surface area (Å²) in [7, 11) is 0. The van der Waals surface area contributed by atoms with E-state index in [1.165, 1.54) is 10.6 Å². The van der Waals surface area contributed by atoms with Crippen LogP contribution < -0.4 is 10.6 Å². The lowest BCUT2D eigenvalue weighted by molar-refractivity contribution is -0.127. The Morgan fingerprint density at radius 3 is 2.45 bits per heavy atom. The molecule has 0 bridgehead atoms. The maximum atomic E-state index is 14.1. The summed E-state index contributed by atoms with van der Waals surface area (Å²) in [5.41, 5.74) is 3.41. The average Bonchev–Trinajstić information content (AvgIpc) is 2.96. The van der Waals surface area contributed by atoms with Crippen LogP contribution in [0.3, 0.4) is 0 Å². The van der Waals surface area contributed by atoms with Crippen LogP contribution in [0.2, 0.25) is 5.02 Å². The standard InChI is InChI=1S/C32H33ClN6O3/c1-7-26(41)37-15-20(5)38(21(6)16-37)31-24-14-25(33)28(23-11-9-8-10-22(23)17-40)35-30(24)39(32(42)36-31)29-19(4)12-13-34-27(29)18(2)3/h7-14,17-18,20-21H,1,15-16H2,2-6H3/t20-,21-/m0/s1. The molecule has 1 amide bonds. The number of piperazine rings is 1. The molecule has 0 spiro atoms. The molecule has 3 aromatic heterocycles. The summed E-state index contributed by atoms with van der Waals surface area (Å²) in [4.78, 5) is 56.5. The van der Waals surface area contributed by atoms with Gasteiger partial charge in [0.1, 0.15) is 5.82 Å². The first-order chi connectivity index (χ1) is 20.1. The minimum Gasteiger partial charge on any atom is -0.347 e. The lowest BCUT2D eigenvalue weighted by Crippen LogP contribution is -2.58. The van der Waals surface area contributed by atoms with Gasteiger partial charge in [-0.1, -0.05) is 56.3 Å². The first kappa shape index (κ1) is 29.1. The second kappa shape index (κ2) is 11.5. The van der Waals surface area contributed by atoms with Gasteiger partial charge in [-0.25, -0.2) is 14.3 Å². The Morgan fingerprint density at radius 1 is 1.12 bits per heavy atom.